The molecule has 0 radical (unpaired) electrons. The minimum absolute atomic E-state index is 0.0409. The number of rotatable bonds is 6. The third-order valence-corrected chi connectivity index (χ3v) is 6.27. The zero-order chi connectivity index (χ0) is 18.9. The summed E-state index contributed by atoms with van der Waals surface area (Å²) in [6.07, 6.45) is 0. The molecule has 3 rings (SSSR count). The van der Waals surface area contributed by atoms with E-state index in [0.717, 1.165) is 28.4 Å². The predicted molar refractivity (Wildman–Crippen MR) is 95.7 cm³/mol. The number of nitrogens with one attached hydrogen (secondary N) is 1. The lowest BCUT2D eigenvalue weighted by Gasteiger charge is -2.19. The molecular formula is C17H17F2N3O2S2. The van der Waals surface area contributed by atoms with Gasteiger partial charge in [-0.05, 0) is 49.6 Å². The lowest BCUT2D eigenvalue weighted by atomic mass is 10.2. The first-order valence-electron chi connectivity index (χ1n) is 7.79. The maximum Gasteiger partial charge on any atom is 0.243 e. The van der Waals surface area contributed by atoms with Crippen molar-refractivity contribution in [2.24, 2.45) is 0 Å². The van der Waals surface area contributed by atoms with Crippen molar-refractivity contribution in [3.05, 3.63) is 69.7 Å². The molecule has 26 heavy (non-hydrogen) atoms. The Morgan fingerprint density at radius 3 is 2.62 bits per heavy atom. The molecule has 0 aliphatic carbocycles. The second-order valence-corrected chi connectivity index (χ2v) is 8.54. The number of hydrogen-bond donors (Lipinski definition) is 1. The Hall–Kier alpha value is -2.10. The zero-order valence-corrected chi connectivity index (χ0v) is 15.7. The van der Waals surface area contributed by atoms with E-state index in [9.17, 15) is 17.2 Å². The normalized spacial score (nSPS) is 13.1. The van der Waals surface area contributed by atoms with Gasteiger partial charge < -0.3 is 0 Å². The highest BCUT2D eigenvalue weighted by Gasteiger charge is 2.24. The van der Waals surface area contributed by atoms with Gasteiger partial charge in [-0.1, -0.05) is 6.07 Å². The van der Waals surface area contributed by atoms with Crippen LogP contribution in [-0.4, -0.2) is 24.7 Å². The van der Waals surface area contributed by atoms with Crippen LogP contribution in [0.4, 0.5) is 8.78 Å². The molecule has 3 aromatic rings. The molecule has 0 saturated heterocycles. The number of benzene rings is 1. The average Bonchev–Trinajstić information content (AvgIpc) is 3.20. The minimum Gasteiger partial charge on any atom is -0.260 e. The van der Waals surface area contributed by atoms with Gasteiger partial charge in [0.25, 0.3) is 0 Å². The van der Waals surface area contributed by atoms with Crippen molar-refractivity contribution in [2.45, 2.75) is 24.8 Å². The SMILES string of the molecule is Cc1cc(C)n(C(CNS(=O)(=O)c2cc(F)ccc2F)c2cccs2)n1. The van der Waals surface area contributed by atoms with Crippen LogP contribution >= 0.6 is 11.3 Å². The summed E-state index contributed by atoms with van der Waals surface area (Å²) < 4.78 is 56.2. The van der Waals surface area contributed by atoms with Crippen LogP contribution in [0.2, 0.25) is 0 Å². The van der Waals surface area contributed by atoms with E-state index < -0.39 is 32.6 Å². The molecule has 1 aromatic carbocycles. The van der Waals surface area contributed by atoms with E-state index in [2.05, 4.69) is 9.82 Å². The molecule has 0 spiro atoms. The van der Waals surface area contributed by atoms with E-state index in [0.29, 0.717) is 6.07 Å². The van der Waals surface area contributed by atoms with Crippen molar-refractivity contribution in [3.8, 4) is 0 Å². The summed E-state index contributed by atoms with van der Waals surface area (Å²) in [5, 5.41) is 6.31. The first kappa shape index (κ1) is 18.7. The van der Waals surface area contributed by atoms with Gasteiger partial charge in [-0.15, -0.1) is 11.3 Å². The number of halogens is 2. The Kier molecular flexibility index (Phi) is 5.22. The molecule has 1 unspecified atom stereocenters. The van der Waals surface area contributed by atoms with Crippen LogP contribution in [-0.2, 0) is 10.0 Å². The van der Waals surface area contributed by atoms with Gasteiger partial charge in [0, 0.05) is 17.1 Å². The zero-order valence-electron chi connectivity index (χ0n) is 14.1. The van der Waals surface area contributed by atoms with Gasteiger partial charge in [0.2, 0.25) is 10.0 Å². The van der Waals surface area contributed by atoms with E-state index in [1.165, 1.54) is 11.3 Å². The third-order valence-electron chi connectivity index (χ3n) is 3.86. The van der Waals surface area contributed by atoms with Crippen molar-refractivity contribution < 1.29 is 17.2 Å². The molecule has 0 bridgehead atoms. The highest BCUT2D eigenvalue weighted by molar-refractivity contribution is 7.89. The molecule has 0 saturated carbocycles. The number of nitrogens with zero attached hydrogens (tertiary/aromatic N) is 2. The summed E-state index contributed by atoms with van der Waals surface area (Å²) in [6.45, 7) is 3.68. The lowest BCUT2D eigenvalue weighted by Crippen LogP contribution is -2.32. The Labute approximate surface area is 154 Å². The Balaban J connectivity index is 1.91. The molecule has 0 amide bonds. The lowest BCUT2D eigenvalue weighted by molar-refractivity contribution is 0.496. The fraction of sp³-hybridized carbons (Fsp3) is 0.235. The summed E-state index contributed by atoms with van der Waals surface area (Å²) in [5.41, 5.74) is 1.68. The van der Waals surface area contributed by atoms with E-state index >= 15 is 0 Å². The van der Waals surface area contributed by atoms with Crippen LogP contribution in [0, 0.1) is 25.5 Å². The van der Waals surface area contributed by atoms with Gasteiger partial charge in [0.15, 0.2) is 0 Å². The topological polar surface area (TPSA) is 64.0 Å². The number of thiophene rings is 1. The van der Waals surface area contributed by atoms with Crippen LogP contribution in [0.1, 0.15) is 22.3 Å². The van der Waals surface area contributed by atoms with Crippen molar-refractivity contribution in [2.75, 3.05) is 6.54 Å². The van der Waals surface area contributed by atoms with Crippen molar-refractivity contribution in [1.29, 1.82) is 0 Å². The van der Waals surface area contributed by atoms with Crippen LogP contribution < -0.4 is 4.72 Å². The summed E-state index contributed by atoms with van der Waals surface area (Å²) in [7, 11) is -4.22. The summed E-state index contributed by atoms with van der Waals surface area (Å²) in [6, 6.07) is 7.57. The second kappa shape index (κ2) is 7.26. The molecule has 0 aliphatic heterocycles. The van der Waals surface area contributed by atoms with Crippen LogP contribution in [0.5, 0.6) is 0 Å². The Bertz CT molecular complexity index is 1010. The first-order chi connectivity index (χ1) is 12.3. The fourth-order valence-corrected chi connectivity index (χ4v) is 4.64. The molecular weight excluding hydrogens is 380 g/mol. The average molecular weight is 397 g/mol. The molecule has 138 valence electrons. The Morgan fingerprint density at radius 1 is 1.23 bits per heavy atom. The van der Waals surface area contributed by atoms with Gasteiger partial charge >= 0.3 is 0 Å². The number of aromatic nitrogens is 2. The second-order valence-electron chi connectivity index (χ2n) is 5.83. The summed E-state index contributed by atoms with van der Waals surface area (Å²) >= 11 is 1.47. The van der Waals surface area contributed by atoms with E-state index in [4.69, 9.17) is 0 Å². The largest absolute Gasteiger partial charge is 0.260 e. The van der Waals surface area contributed by atoms with Crippen molar-refractivity contribution in [1.82, 2.24) is 14.5 Å². The highest BCUT2D eigenvalue weighted by atomic mass is 32.2. The molecule has 0 fully saturated rings. The number of sulfonamides is 1. The Morgan fingerprint density at radius 2 is 2.00 bits per heavy atom. The number of hydrogen-bond acceptors (Lipinski definition) is 4. The monoisotopic (exact) mass is 397 g/mol. The van der Waals surface area contributed by atoms with Crippen LogP contribution in [0.3, 0.4) is 0 Å². The number of aryl methyl sites for hydroxylation is 2. The van der Waals surface area contributed by atoms with E-state index in [1.807, 2.05) is 37.4 Å². The molecule has 2 heterocycles. The predicted octanol–water partition coefficient (Wildman–Crippen LogP) is 3.41. The van der Waals surface area contributed by atoms with E-state index in [-0.39, 0.29) is 6.54 Å². The summed E-state index contributed by atoms with van der Waals surface area (Å²) in [4.78, 5) is 0.189. The molecule has 2 aromatic heterocycles. The maximum atomic E-state index is 13.9. The smallest absolute Gasteiger partial charge is 0.243 e. The van der Waals surface area contributed by atoms with Gasteiger partial charge in [-0.2, -0.15) is 5.10 Å². The third kappa shape index (κ3) is 3.84. The van der Waals surface area contributed by atoms with Gasteiger partial charge in [0.1, 0.15) is 16.5 Å². The highest BCUT2D eigenvalue weighted by Crippen LogP contribution is 2.25. The molecule has 1 N–H and O–H groups in total. The van der Waals surface area contributed by atoms with Gasteiger partial charge in [0.05, 0.1) is 11.7 Å². The molecule has 9 heteroatoms. The van der Waals surface area contributed by atoms with Gasteiger partial charge in [-0.3, -0.25) is 4.68 Å². The standard InChI is InChI=1S/C17H17F2N3O2S2/c1-11-8-12(2)22(21-11)15(16-4-3-7-25-16)10-20-26(23,24)17-9-13(18)5-6-14(17)19/h3-9,15,20H,10H2,1-2H3. The van der Waals surface area contributed by atoms with Crippen molar-refractivity contribution >= 4 is 21.4 Å². The van der Waals surface area contributed by atoms with E-state index in [1.54, 1.807) is 4.68 Å². The van der Waals surface area contributed by atoms with Crippen molar-refractivity contribution in [3.63, 3.8) is 0 Å². The molecule has 5 nitrogen and oxygen atoms in total. The van der Waals surface area contributed by atoms with Crippen LogP contribution in [0.25, 0.3) is 0 Å². The summed E-state index contributed by atoms with van der Waals surface area (Å²) in [5.74, 6) is -1.82. The maximum absolute atomic E-state index is 13.9. The first-order valence-corrected chi connectivity index (χ1v) is 10.1. The quantitative estimate of drug-likeness (QED) is 0.693. The minimum atomic E-state index is -4.22. The van der Waals surface area contributed by atoms with Gasteiger partial charge in [-0.25, -0.2) is 21.9 Å². The van der Waals surface area contributed by atoms with Crippen LogP contribution in [0.15, 0.2) is 46.7 Å². The molecule has 1 atom stereocenters. The molecule has 0 aliphatic rings. The fourth-order valence-electron chi connectivity index (χ4n) is 2.70.